The van der Waals surface area contributed by atoms with E-state index in [9.17, 15) is 9.18 Å². The Bertz CT molecular complexity index is 1190. The molecule has 31 heavy (non-hydrogen) atoms. The molecular formula is C24H24FN5O. The molecule has 0 spiro atoms. The number of benzene rings is 2. The molecule has 1 aliphatic rings. The Hall–Kier alpha value is -3.61. The van der Waals surface area contributed by atoms with Crippen LogP contribution in [0.3, 0.4) is 0 Å². The van der Waals surface area contributed by atoms with Gasteiger partial charge in [0, 0.05) is 42.8 Å². The number of rotatable bonds is 5. The zero-order valence-corrected chi connectivity index (χ0v) is 17.1. The molecule has 0 bridgehead atoms. The van der Waals surface area contributed by atoms with E-state index in [1.165, 1.54) is 12.1 Å². The van der Waals surface area contributed by atoms with E-state index in [-0.39, 0.29) is 11.7 Å². The van der Waals surface area contributed by atoms with Crippen molar-refractivity contribution in [2.45, 2.75) is 12.8 Å². The molecule has 158 valence electrons. The van der Waals surface area contributed by atoms with Crippen molar-refractivity contribution in [1.82, 2.24) is 20.5 Å². The summed E-state index contributed by atoms with van der Waals surface area (Å²) in [6.07, 6.45) is 3.76. The molecule has 1 amide bonds. The van der Waals surface area contributed by atoms with Gasteiger partial charge in [-0.25, -0.2) is 4.39 Å². The normalized spacial score (nSPS) is 14.8. The van der Waals surface area contributed by atoms with E-state index in [0.29, 0.717) is 18.0 Å². The van der Waals surface area contributed by atoms with Gasteiger partial charge >= 0.3 is 0 Å². The molecule has 0 unspecified atom stereocenters. The summed E-state index contributed by atoms with van der Waals surface area (Å²) in [6.45, 7) is 2.45. The summed E-state index contributed by atoms with van der Waals surface area (Å²) < 4.78 is 13.1. The van der Waals surface area contributed by atoms with Gasteiger partial charge in [-0.15, -0.1) is 0 Å². The van der Waals surface area contributed by atoms with Gasteiger partial charge in [0.2, 0.25) is 0 Å². The van der Waals surface area contributed by atoms with Crippen LogP contribution in [0.15, 0.2) is 60.8 Å². The smallest absolute Gasteiger partial charge is 0.253 e. The van der Waals surface area contributed by atoms with Crippen LogP contribution in [-0.2, 0) is 0 Å². The van der Waals surface area contributed by atoms with Crippen LogP contribution in [0.5, 0.6) is 0 Å². The SMILES string of the molecule is O=C(NCC1CCN(c2cc(-c3ccc(F)cc3)[nH]n2)CC1)c1c[nH]c2ccccc12. The van der Waals surface area contributed by atoms with Crippen molar-refractivity contribution in [2.24, 2.45) is 5.92 Å². The predicted molar refractivity (Wildman–Crippen MR) is 120 cm³/mol. The molecule has 3 N–H and O–H groups in total. The highest BCUT2D eigenvalue weighted by Crippen LogP contribution is 2.26. The molecule has 1 aliphatic heterocycles. The molecule has 0 aliphatic carbocycles. The summed E-state index contributed by atoms with van der Waals surface area (Å²) in [5.41, 5.74) is 3.45. The second-order valence-electron chi connectivity index (χ2n) is 8.04. The lowest BCUT2D eigenvalue weighted by molar-refractivity contribution is 0.0946. The van der Waals surface area contributed by atoms with Crippen LogP contribution >= 0.6 is 0 Å². The van der Waals surface area contributed by atoms with Gasteiger partial charge in [0.05, 0.1) is 11.3 Å². The number of H-pyrrole nitrogens is 2. The van der Waals surface area contributed by atoms with E-state index < -0.39 is 0 Å². The number of carbonyl (C=O) groups is 1. The topological polar surface area (TPSA) is 76.8 Å². The maximum atomic E-state index is 13.1. The first-order valence-electron chi connectivity index (χ1n) is 10.6. The number of nitrogens with zero attached hydrogens (tertiary/aromatic N) is 2. The van der Waals surface area contributed by atoms with Crippen LogP contribution < -0.4 is 10.2 Å². The van der Waals surface area contributed by atoms with Crippen LogP contribution in [0.25, 0.3) is 22.2 Å². The van der Waals surface area contributed by atoms with Crippen molar-refractivity contribution >= 4 is 22.6 Å². The first-order chi connectivity index (χ1) is 15.2. The lowest BCUT2D eigenvalue weighted by Crippen LogP contribution is -2.38. The zero-order chi connectivity index (χ0) is 21.2. The number of hydrogen-bond acceptors (Lipinski definition) is 3. The maximum Gasteiger partial charge on any atom is 0.253 e. The Kier molecular flexibility index (Phi) is 5.16. The molecular weight excluding hydrogens is 393 g/mol. The number of piperidine rings is 1. The van der Waals surface area contributed by atoms with E-state index >= 15 is 0 Å². The van der Waals surface area contributed by atoms with Crippen molar-refractivity contribution in [1.29, 1.82) is 0 Å². The first kappa shape index (κ1) is 19.4. The van der Waals surface area contributed by atoms with Crippen molar-refractivity contribution < 1.29 is 9.18 Å². The van der Waals surface area contributed by atoms with Crippen LogP contribution in [-0.4, -0.2) is 40.7 Å². The second-order valence-corrected chi connectivity index (χ2v) is 8.04. The van der Waals surface area contributed by atoms with Gasteiger partial charge in [-0.05, 0) is 54.7 Å². The largest absolute Gasteiger partial charge is 0.360 e. The van der Waals surface area contributed by atoms with Gasteiger partial charge in [0.15, 0.2) is 5.82 Å². The van der Waals surface area contributed by atoms with E-state index in [2.05, 4.69) is 25.4 Å². The van der Waals surface area contributed by atoms with Crippen LogP contribution in [0, 0.1) is 11.7 Å². The quantitative estimate of drug-likeness (QED) is 0.452. The summed E-state index contributed by atoms with van der Waals surface area (Å²) in [7, 11) is 0. The minimum atomic E-state index is -0.248. The number of halogens is 1. The molecule has 4 aromatic rings. The number of nitrogens with one attached hydrogen (secondary N) is 3. The van der Waals surface area contributed by atoms with Crippen LogP contribution in [0.4, 0.5) is 10.2 Å². The van der Waals surface area contributed by atoms with Crippen LogP contribution in [0.2, 0.25) is 0 Å². The first-order valence-corrected chi connectivity index (χ1v) is 10.6. The van der Waals surface area contributed by atoms with E-state index in [1.807, 2.05) is 30.3 Å². The van der Waals surface area contributed by atoms with Gasteiger partial charge in [-0.1, -0.05) is 18.2 Å². The molecule has 7 heteroatoms. The number of aromatic nitrogens is 3. The van der Waals surface area contributed by atoms with Crippen molar-refractivity contribution in [2.75, 3.05) is 24.5 Å². The van der Waals surface area contributed by atoms with Crippen LogP contribution in [0.1, 0.15) is 23.2 Å². The number of amides is 1. The lowest BCUT2D eigenvalue weighted by atomic mass is 9.96. The average Bonchev–Trinajstić information content (AvgIpc) is 3.46. The predicted octanol–water partition coefficient (Wildman–Crippen LogP) is 4.34. The minimum Gasteiger partial charge on any atom is -0.360 e. The number of fused-ring (bicyclic) bond motifs is 1. The molecule has 2 aromatic heterocycles. The standard InChI is InChI=1S/C24H24FN5O/c25-18-7-5-17(6-8-18)22-13-23(29-28-22)30-11-9-16(10-12-30)14-27-24(31)20-15-26-21-4-2-1-3-19(20)21/h1-8,13,15-16,26H,9-12,14H2,(H,27,31)(H,28,29). The minimum absolute atomic E-state index is 0.0314. The number of hydrogen-bond donors (Lipinski definition) is 3. The Balaban J connectivity index is 1.15. The highest BCUT2D eigenvalue weighted by Gasteiger charge is 2.22. The molecule has 0 atom stereocenters. The van der Waals surface area contributed by atoms with E-state index in [1.54, 1.807) is 18.3 Å². The third-order valence-corrected chi connectivity index (χ3v) is 6.04. The molecule has 0 radical (unpaired) electrons. The Labute approximate surface area is 179 Å². The fourth-order valence-electron chi connectivity index (χ4n) is 4.21. The Morgan fingerprint density at radius 1 is 1.13 bits per heavy atom. The summed E-state index contributed by atoms with van der Waals surface area (Å²) >= 11 is 0. The van der Waals surface area contributed by atoms with E-state index in [4.69, 9.17) is 0 Å². The fraction of sp³-hybridized carbons (Fsp3) is 0.250. The number of carbonyl (C=O) groups excluding carboxylic acids is 1. The third kappa shape index (κ3) is 4.03. The highest BCUT2D eigenvalue weighted by atomic mass is 19.1. The number of aromatic amines is 2. The molecule has 0 saturated carbocycles. The van der Waals surface area contributed by atoms with Gasteiger partial charge in [-0.2, -0.15) is 5.10 Å². The maximum absolute atomic E-state index is 13.1. The molecule has 6 nitrogen and oxygen atoms in total. The van der Waals surface area contributed by atoms with Crippen molar-refractivity contribution in [3.05, 3.63) is 72.2 Å². The molecule has 3 heterocycles. The van der Waals surface area contributed by atoms with Gasteiger partial charge in [0.25, 0.3) is 5.91 Å². The fourth-order valence-corrected chi connectivity index (χ4v) is 4.21. The number of para-hydroxylation sites is 1. The van der Waals surface area contributed by atoms with Crippen molar-refractivity contribution in [3.63, 3.8) is 0 Å². The zero-order valence-electron chi connectivity index (χ0n) is 17.1. The molecule has 1 saturated heterocycles. The number of anilines is 1. The van der Waals surface area contributed by atoms with Gasteiger partial charge in [-0.3, -0.25) is 9.89 Å². The monoisotopic (exact) mass is 417 g/mol. The lowest BCUT2D eigenvalue weighted by Gasteiger charge is -2.32. The summed E-state index contributed by atoms with van der Waals surface area (Å²) in [4.78, 5) is 18.0. The average molecular weight is 417 g/mol. The highest BCUT2D eigenvalue weighted by molar-refractivity contribution is 6.06. The van der Waals surface area contributed by atoms with Crippen molar-refractivity contribution in [3.8, 4) is 11.3 Å². The molecule has 2 aromatic carbocycles. The Morgan fingerprint density at radius 3 is 2.71 bits per heavy atom. The van der Waals surface area contributed by atoms with E-state index in [0.717, 1.165) is 53.9 Å². The summed E-state index contributed by atoms with van der Waals surface area (Å²) in [6, 6.07) is 16.2. The second kappa shape index (κ2) is 8.26. The summed E-state index contributed by atoms with van der Waals surface area (Å²) in [5, 5.41) is 11.5. The molecule has 1 fully saturated rings. The Morgan fingerprint density at radius 2 is 1.90 bits per heavy atom. The van der Waals surface area contributed by atoms with Gasteiger partial charge < -0.3 is 15.2 Å². The summed E-state index contributed by atoms with van der Waals surface area (Å²) in [5.74, 6) is 1.07. The molecule has 5 rings (SSSR count). The third-order valence-electron chi connectivity index (χ3n) is 6.04. The van der Waals surface area contributed by atoms with Gasteiger partial charge in [0.1, 0.15) is 5.82 Å².